The number of hydrogen-bond donors (Lipinski definition) is 0. The zero-order valence-corrected chi connectivity index (χ0v) is 11.1. The first kappa shape index (κ1) is 14.9. The van der Waals surface area contributed by atoms with Crippen molar-refractivity contribution in [2.45, 2.75) is 33.1 Å². The molecule has 0 rings (SSSR count). The van der Waals surface area contributed by atoms with Gasteiger partial charge < -0.3 is 9.47 Å². The molecular formula is C12H23ClO2. The standard InChI is InChI=1S/C12H23ClO2/c1-5-6-12(9-14-3,10-15-4)7-11(2)8-13/h8H,5-7,9-10H2,1-4H3. The van der Waals surface area contributed by atoms with Crippen LogP contribution in [0.2, 0.25) is 0 Å². The topological polar surface area (TPSA) is 18.5 Å². The van der Waals surface area contributed by atoms with E-state index in [9.17, 15) is 0 Å². The first-order valence-electron chi connectivity index (χ1n) is 5.38. The van der Waals surface area contributed by atoms with Crippen LogP contribution in [0.15, 0.2) is 11.1 Å². The number of hydrogen-bond acceptors (Lipinski definition) is 2. The van der Waals surface area contributed by atoms with E-state index in [2.05, 4.69) is 6.92 Å². The van der Waals surface area contributed by atoms with Crippen LogP contribution in [0.5, 0.6) is 0 Å². The largest absolute Gasteiger partial charge is 0.384 e. The molecule has 0 heterocycles. The van der Waals surface area contributed by atoms with Crippen LogP contribution in [0, 0.1) is 5.41 Å². The smallest absolute Gasteiger partial charge is 0.0543 e. The van der Waals surface area contributed by atoms with Crippen molar-refractivity contribution in [3.8, 4) is 0 Å². The second-order valence-electron chi connectivity index (χ2n) is 4.25. The SMILES string of the molecule is CCCC(COC)(COC)CC(C)=CCl. The summed E-state index contributed by atoms with van der Waals surface area (Å²) in [6.07, 6.45) is 3.16. The van der Waals surface area contributed by atoms with Gasteiger partial charge in [0.25, 0.3) is 0 Å². The van der Waals surface area contributed by atoms with Gasteiger partial charge in [0, 0.05) is 25.2 Å². The number of allylic oxidation sites excluding steroid dienone is 1. The Morgan fingerprint density at radius 1 is 1.27 bits per heavy atom. The van der Waals surface area contributed by atoms with Gasteiger partial charge in [0.05, 0.1) is 13.2 Å². The summed E-state index contributed by atoms with van der Waals surface area (Å²) in [6, 6.07) is 0. The van der Waals surface area contributed by atoms with Crippen LogP contribution in [0.3, 0.4) is 0 Å². The highest BCUT2D eigenvalue weighted by atomic mass is 35.5. The second-order valence-corrected chi connectivity index (χ2v) is 4.47. The van der Waals surface area contributed by atoms with Gasteiger partial charge in [-0.1, -0.05) is 30.5 Å². The zero-order valence-electron chi connectivity index (χ0n) is 10.3. The molecule has 0 fully saturated rings. The summed E-state index contributed by atoms with van der Waals surface area (Å²) in [7, 11) is 3.47. The minimum absolute atomic E-state index is 0.0771. The van der Waals surface area contributed by atoms with Gasteiger partial charge >= 0.3 is 0 Å². The fraction of sp³-hybridized carbons (Fsp3) is 0.833. The van der Waals surface area contributed by atoms with Gasteiger partial charge in [-0.2, -0.15) is 0 Å². The van der Waals surface area contributed by atoms with Gasteiger partial charge in [0.2, 0.25) is 0 Å². The Bertz CT molecular complexity index is 173. The number of rotatable bonds is 8. The molecule has 0 N–H and O–H groups in total. The molecule has 0 saturated carbocycles. The molecule has 0 unspecified atom stereocenters. The van der Waals surface area contributed by atoms with Gasteiger partial charge in [-0.05, 0) is 19.8 Å². The molecule has 0 aromatic carbocycles. The molecule has 15 heavy (non-hydrogen) atoms. The maximum Gasteiger partial charge on any atom is 0.0543 e. The lowest BCUT2D eigenvalue weighted by atomic mass is 9.79. The van der Waals surface area contributed by atoms with E-state index in [1.807, 2.05) is 6.92 Å². The van der Waals surface area contributed by atoms with E-state index in [1.54, 1.807) is 19.8 Å². The fourth-order valence-corrected chi connectivity index (χ4v) is 2.23. The third-order valence-electron chi connectivity index (χ3n) is 2.52. The van der Waals surface area contributed by atoms with Crippen molar-refractivity contribution < 1.29 is 9.47 Å². The molecule has 3 heteroatoms. The molecule has 0 amide bonds. The number of ether oxygens (including phenoxy) is 2. The van der Waals surface area contributed by atoms with Gasteiger partial charge in [0.1, 0.15) is 0 Å². The van der Waals surface area contributed by atoms with Gasteiger partial charge in [-0.15, -0.1) is 0 Å². The fourth-order valence-electron chi connectivity index (χ4n) is 2.15. The minimum atomic E-state index is 0.0771. The van der Waals surface area contributed by atoms with Crippen molar-refractivity contribution in [3.05, 3.63) is 11.1 Å². The molecule has 0 spiro atoms. The van der Waals surface area contributed by atoms with E-state index in [-0.39, 0.29) is 5.41 Å². The second kappa shape index (κ2) is 8.14. The minimum Gasteiger partial charge on any atom is -0.384 e. The first-order valence-corrected chi connectivity index (χ1v) is 5.81. The maximum absolute atomic E-state index is 5.71. The van der Waals surface area contributed by atoms with Crippen LogP contribution in [0.25, 0.3) is 0 Å². The summed E-state index contributed by atoms with van der Waals surface area (Å²) in [6.45, 7) is 5.66. The van der Waals surface area contributed by atoms with Crippen LogP contribution >= 0.6 is 11.6 Å². The van der Waals surface area contributed by atoms with E-state index in [0.29, 0.717) is 0 Å². The van der Waals surface area contributed by atoms with Crippen molar-refractivity contribution in [1.29, 1.82) is 0 Å². The summed E-state index contributed by atoms with van der Waals surface area (Å²) in [5.41, 5.74) is 2.91. The number of methoxy groups -OCH3 is 2. The first-order chi connectivity index (χ1) is 7.14. The van der Waals surface area contributed by atoms with E-state index in [0.717, 1.165) is 32.5 Å². The van der Waals surface area contributed by atoms with Gasteiger partial charge in [-0.25, -0.2) is 0 Å². The van der Waals surface area contributed by atoms with Gasteiger partial charge in [0.15, 0.2) is 0 Å². The van der Waals surface area contributed by atoms with E-state index < -0.39 is 0 Å². The molecule has 0 aromatic rings. The average Bonchev–Trinajstić information content (AvgIpc) is 2.18. The lowest BCUT2D eigenvalue weighted by Gasteiger charge is -2.32. The van der Waals surface area contributed by atoms with Crippen LogP contribution in [-0.2, 0) is 9.47 Å². The summed E-state index contributed by atoms with van der Waals surface area (Å²) >= 11 is 5.71. The highest BCUT2D eigenvalue weighted by Crippen LogP contribution is 2.32. The highest BCUT2D eigenvalue weighted by Gasteiger charge is 2.29. The lowest BCUT2D eigenvalue weighted by Crippen LogP contribution is -2.32. The van der Waals surface area contributed by atoms with Crippen molar-refractivity contribution in [2.75, 3.05) is 27.4 Å². The molecule has 0 bridgehead atoms. The van der Waals surface area contributed by atoms with Gasteiger partial charge in [-0.3, -0.25) is 0 Å². The summed E-state index contributed by atoms with van der Waals surface area (Å²) in [5, 5.41) is 0. The molecule has 90 valence electrons. The Labute approximate surface area is 98.6 Å². The molecule has 0 radical (unpaired) electrons. The molecule has 0 saturated heterocycles. The predicted octanol–water partition coefficient (Wildman–Crippen LogP) is 3.60. The van der Waals surface area contributed by atoms with E-state index in [1.165, 1.54) is 5.57 Å². The van der Waals surface area contributed by atoms with Crippen molar-refractivity contribution in [1.82, 2.24) is 0 Å². The Hall–Kier alpha value is -0.0500. The Balaban J connectivity index is 4.59. The monoisotopic (exact) mass is 234 g/mol. The van der Waals surface area contributed by atoms with E-state index in [4.69, 9.17) is 21.1 Å². The van der Waals surface area contributed by atoms with Crippen molar-refractivity contribution >= 4 is 11.6 Å². The molecule has 0 aromatic heterocycles. The Kier molecular flexibility index (Phi) is 8.12. The Morgan fingerprint density at radius 3 is 2.13 bits per heavy atom. The van der Waals surface area contributed by atoms with E-state index >= 15 is 0 Å². The maximum atomic E-state index is 5.71. The molecule has 2 nitrogen and oxygen atoms in total. The third-order valence-corrected chi connectivity index (χ3v) is 2.89. The molecule has 0 aliphatic heterocycles. The summed E-state index contributed by atoms with van der Waals surface area (Å²) in [5.74, 6) is 0. The molecule has 0 atom stereocenters. The quantitative estimate of drug-likeness (QED) is 0.639. The molecule has 0 aliphatic carbocycles. The summed E-state index contributed by atoms with van der Waals surface area (Å²) in [4.78, 5) is 0. The Morgan fingerprint density at radius 2 is 1.80 bits per heavy atom. The van der Waals surface area contributed by atoms with Crippen molar-refractivity contribution in [3.63, 3.8) is 0 Å². The number of halogens is 1. The molecular weight excluding hydrogens is 212 g/mol. The van der Waals surface area contributed by atoms with Crippen LogP contribution in [-0.4, -0.2) is 27.4 Å². The highest BCUT2D eigenvalue weighted by molar-refractivity contribution is 6.25. The lowest BCUT2D eigenvalue weighted by molar-refractivity contribution is 0.00408. The third kappa shape index (κ3) is 5.55. The van der Waals surface area contributed by atoms with Crippen molar-refractivity contribution in [2.24, 2.45) is 5.41 Å². The normalized spacial score (nSPS) is 13.3. The van der Waals surface area contributed by atoms with Crippen LogP contribution < -0.4 is 0 Å². The average molecular weight is 235 g/mol. The molecule has 0 aliphatic rings. The van der Waals surface area contributed by atoms with Crippen LogP contribution in [0.1, 0.15) is 33.1 Å². The summed E-state index contributed by atoms with van der Waals surface area (Å²) < 4.78 is 10.6. The van der Waals surface area contributed by atoms with Crippen LogP contribution in [0.4, 0.5) is 0 Å². The zero-order chi connectivity index (χ0) is 11.7. The predicted molar refractivity (Wildman–Crippen MR) is 65.3 cm³/mol.